The lowest BCUT2D eigenvalue weighted by atomic mass is 10.2. The van der Waals surface area contributed by atoms with Crippen molar-refractivity contribution < 1.29 is 9.66 Å². The zero-order valence-corrected chi connectivity index (χ0v) is 11.8. The van der Waals surface area contributed by atoms with Gasteiger partial charge >= 0.3 is 0 Å². The van der Waals surface area contributed by atoms with Crippen molar-refractivity contribution in [1.82, 2.24) is 0 Å². The average molecular weight is 266 g/mol. The fourth-order valence-corrected chi connectivity index (χ4v) is 1.70. The Morgan fingerprint density at radius 1 is 1.37 bits per heavy atom. The molecule has 0 fully saturated rings. The van der Waals surface area contributed by atoms with Crippen LogP contribution in [0.15, 0.2) is 18.2 Å². The fraction of sp³-hybridized carbons (Fsp3) is 0.571. The van der Waals surface area contributed by atoms with E-state index in [2.05, 4.69) is 19.2 Å². The number of nitro benzene ring substituents is 1. The number of anilines is 1. The third-order valence-corrected chi connectivity index (χ3v) is 2.52. The first-order chi connectivity index (χ1) is 8.99. The number of nitro groups is 1. The first kappa shape index (κ1) is 15.4. The molecule has 0 heterocycles. The molecule has 0 radical (unpaired) electrons. The summed E-state index contributed by atoms with van der Waals surface area (Å²) in [5, 5.41) is 13.9. The Labute approximate surface area is 114 Å². The molecule has 0 unspecified atom stereocenters. The second kappa shape index (κ2) is 7.74. The topological polar surface area (TPSA) is 64.4 Å². The summed E-state index contributed by atoms with van der Waals surface area (Å²) in [5.41, 5.74) is 1.79. The van der Waals surface area contributed by atoms with E-state index in [9.17, 15) is 10.1 Å². The highest BCUT2D eigenvalue weighted by atomic mass is 16.6. The largest absolute Gasteiger partial charge is 0.385 e. The van der Waals surface area contributed by atoms with Crippen LogP contribution in [0.3, 0.4) is 0 Å². The van der Waals surface area contributed by atoms with E-state index in [1.54, 1.807) is 12.1 Å². The van der Waals surface area contributed by atoms with E-state index in [1.807, 2.05) is 13.0 Å². The minimum Gasteiger partial charge on any atom is -0.385 e. The molecule has 0 bridgehead atoms. The number of rotatable bonds is 8. The molecule has 0 saturated carbocycles. The van der Waals surface area contributed by atoms with Crippen molar-refractivity contribution >= 4 is 11.4 Å². The van der Waals surface area contributed by atoms with E-state index in [1.165, 1.54) is 0 Å². The molecule has 5 heteroatoms. The summed E-state index contributed by atoms with van der Waals surface area (Å²) in [4.78, 5) is 10.4. The lowest BCUT2D eigenvalue weighted by molar-refractivity contribution is -0.384. The number of ether oxygens (including phenoxy) is 1. The van der Waals surface area contributed by atoms with Gasteiger partial charge in [-0.05, 0) is 30.9 Å². The molecule has 1 N–H and O–H groups in total. The first-order valence-electron chi connectivity index (χ1n) is 6.56. The van der Waals surface area contributed by atoms with Gasteiger partial charge in [0.15, 0.2) is 0 Å². The van der Waals surface area contributed by atoms with Gasteiger partial charge in [0.25, 0.3) is 5.69 Å². The van der Waals surface area contributed by atoms with Gasteiger partial charge in [-0.3, -0.25) is 10.1 Å². The van der Waals surface area contributed by atoms with Crippen molar-refractivity contribution in [3.05, 3.63) is 33.9 Å². The number of nitrogens with zero attached hydrogens (tertiary/aromatic N) is 1. The van der Waals surface area contributed by atoms with Gasteiger partial charge in [-0.2, -0.15) is 0 Å². The molecule has 0 saturated heterocycles. The predicted octanol–water partition coefficient (Wildman–Crippen LogP) is 3.38. The summed E-state index contributed by atoms with van der Waals surface area (Å²) in [5.74, 6) is 0.549. The highest BCUT2D eigenvalue weighted by molar-refractivity contribution is 5.53. The molecule has 0 amide bonds. The van der Waals surface area contributed by atoms with Crippen LogP contribution < -0.4 is 5.32 Å². The van der Waals surface area contributed by atoms with Crippen molar-refractivity contribution in [2.24, 2.45) is 5.92 Å². The van der Waals surface area contributed by atoms with Crippen LogP contribution in [-0.4, -0.2) is 24.7 Å². The quantitative estimate of drug-likeness (QED) is 0.445. The zero-order chi connectivity index (χ0) is 14.3. The van der Waals surface area contributed by atoms with Crippen LogP contribution in [0.25, 0.3) is 0 Å². The van der Waals surface area contributed by atoms with Gasteiger partial charge in [0.05, 0.1) is 4.92 Å². The summed E-state index contributed by atoms with van der Waals surface area (Å²) in [7, 11) is 0. The van der Waals surface area contributed by atoms with E-state index < -0.39 is 0 Å². The van der Waals surface area contributed by atoms with Gasteiger partial charge in [0.2, 0.25) is 0 Å². The highest BCUT2D eigenvalue weighted by Crippen LogP contribution is 2.20. The maximum absolute atomic E-state index is 10.7. The van der Waals surface area contributed by atoms with Gasteiger partial charge in [0, 0.05) is 37.6 Å². The van der Waals surface area contributed by atoms with Crippen LogP contribution in [0.4, 0.5) is 11.4 Å². The van der Waals surface area contributed by atoms with Crippen molar-refractivity contribution in [3.63, 3.8) is 0 Å². The van der Waals surface area contributed by atoms with Crippen molar-refractivity contribution in [2.75, 3.05) is 25.1 Å². The lowest BCUT2D eigenvalue weighted by Crippen LogP contribution is -2.08. The number of benzene rings is 1. The monoisotopic (exact) mass is 266 g/mol. The van der Waals surface area contributed by atoms with E-state index >= 15 is 0 Å². The maximum atomic E-state index is 10.7. The summed E-state index contributed by atoms with van der Waals surface area (Å²) < 4.78 is 5.47. The van der Waals surface area contributed by atoms with E-state index in [0.717, 1.165) is 30.8 Å². The highest BCUT2D eigenvalue weighted by Gasteiger charge is 2.07. The Kier molecular flexibility index (Phi) is 6.29. The van der Waals surface area contributed by atoms with E-state index in [0.29, 0.717) is 12.5 Å². The molecule has 1 aromatic rings. The summed E-state index contributed by atoms with van der Waals surface area (Å²) in [6, 6.07) is 5.03. The zero-order valence-electron chi connectivity index (χ0n) is 11.8. The summed E-state index contributed by atoms with van der Waals surface area (Å²) in [6.45, 7) is 8.31. The number of non-ortho nitro benzene ring substituents is 1. The van der Waals surface area contributed by atoms with E-state index in [-0.39, 0.29) is 10.6 Å². The standard InChI is InChI=1S/C14H22N2O3/c1-11(2)10-19-6-4-5-15-13-7-12(3)8-14(9-13)16(17)18/h7-9,11,15H,4-6,10H2,1-3H3. The van der Waals surface area contributed by atoms with Crippen molar-refractivity contribution in [2.45, 2.75) is 27.2 Å². The molecule has 0 aliphatic rings. The molecule has 106 valence electrons. The number of nitrogens with one attached hydrogen (secondary N) is 1. The van der Waals surface area contributed by atoms with Crippen molar-refractivity contribution in [3.8, 4) is 0 Å². The fourth-order valence-electron chi connectivity index (χ4n) is 1.70. The molecular formula is C14H22N2O3. The maximum Gasteiger partial charge on any atom is 0.271 e. The van der Waals surface area contributed by atoms with Gasteiger partial charge in [-0.25, -0.2) is 0 Å². The Hall–Kier alpha value is -1.62. The minimum atomic E-state index is -0.371. The second-order valence-electron chi connectivity index (χ2n) is 5.06. The number of aryl methyl sites for hydroxylation is 1. The second-order valence-corrected chi connectivity index (χ2v) is 5.06. The lowest BCUT2D eigenvalue weighted by Gasteiger charge is -2.09. The van der Waals surface area contributed by atoms with Crippen LogP contribution in [0.5, 0.6) is 0 Å². The Morgan fingerprint density at radius 3 is 2.74 bits per heavy atom. The number of hydrogen-bond acceptors (Lipinski definition) is 4. The molecule has 1 rings (SSSR count). The smallest absolute Gasteiger partial charge is 0.271 e. The molecule has 19 heavy (non-hydrogen) atoms. The van der Waals surface area contributed by atoms with Gasteiger partial charge in [-0.1, -0.05) is 13.8 Å². The van der Waals surface area contributed by atoms with Crippen molar-refractivity contribution in [1.29, 1.82) is 0 Å². The van der Waals surface area contributed by atoms with Crippen LogP contribution in [0.2, 0.25) is 0 Å². The Morgan fingerprint density at radius 2 is 2.11 bits per heavy atom. The average Bonchev–Trinajstić information content (AvgIpc) is 2.32. The third-order valence-electron chi connectivity index (χ3n) is 2.52. The van der Waals surface area contributed by atoms with Gasteiger partial charge in [-0.15, -0.1) is 0 Å². The Balaban J connectivity index is 2.35. The molecular weight excluding hydrogens is 244 g/mol. The molecule has 0 aromatic heterocycles. The summed E-state index contributed by atoms with van der Waals surface area (Å²) >= 11 is 0. The van der Waals surface area contributed by atoms with Crippen LogP contribution in [0.1, 0.15) is 25.8 Å². The summed E-state index contributed by atoms with van der Waals surface area (Å²) in [6.07, 6.45) is 0.883. The minimum absolute atomic E-state index is 0.124. The van der Waals surface area contributed by atoms with Crippen LogP contribution >= 0.6 is 0 Å². The molecule has 5 nitrogen and oxygen atoms in total. The number of hydrogen-bond donors (Lipinski definition) is 1. The molecule has 1 aromatic carbocycles. The Bertz CT molecular complexity index is 419. The van der Waals surface area contributed by atoms with Crippen LogP contribution in [0, 0.1) is 23.0 Å². The van der Waals surface area contributed by atoms with Gasteiger partial charge in [0.1, 0.15) is 0 Å². The van der Waals surface area contributed by atoms with Gasteiger partial charge < -0.3 is 10.1 Å². The molecule has 0 spiro atoms. The predicted molar refractivity (Wildman–Crippen MR) is 76.6 cm³/mol. The molecule has 0 aliphatic carbocycles. The first-order valence-corrected chi connectivity index (χ1v) is 6.56. The van der Waals surface area contributed by atoms with Crippen LogP contribution in [-0.2, 0) is 4.74 Å². The normalized spacial score (nSPS) is 10.7. The SMILES string of the molecule is Cc1cc(NCCCOCC(C)C)cc([N+](=O)[O-])c1. The third kappa shape index (κ3) is 6.20. The molecule has 0 aliphatic heterocycles. The molecule has 0 atom stereocenters. The van der Waals surface area contributed by atoms with E-state index in [4.69, 9.17) is 4.74 Å².